The van der Waals surface area contributed by atoms with Crippen LogP contribution in [0.25, 0.3) is 0 Å². The molecular weight excluding hydrogens is 635 g/mol. The van der Waals surface area contributed by atoms with Crippen LogP contribution in [0.1, 0.15) is 66.6 Å². The van der Waals surface area contributed by atoms with E-state index in [0.29, 0.717) is 23.1 Å². The molecule has 2 heterocycles. The van der Waals surface area contributed by atoms with Gasteiger partial charge in [-0.2, -0.15) is 44.3 Å². The highest BCUT2D eigenvalue weighted by Crippen LogP contribution is 2.46. The van der Waals surface area contributed by atoms with Gasteiger partial charge in [-0.05, 0) is 72.0 Å². The van der Waals surface area contributed by atoms with Gasteiger partial charge in [0, 0.05) is 12.6 Å². The normalized spacial score (nSPS) is 16.9. The molecule has 0 bridgehead atoms. The highest BCUT2D eigenvalue weighted by atomic mass is 19.4. The van der Waals surface area contributed by atoms with Gasteiger partial charge in [0.2, 0.25) is 0 Å². The van der Waals surface area contributed by atoms with E-state index in [1.165, 1.54) is 7.05 Å². The lowest BCUT2D eigenvalue weighted by atomic mass is 9.86. The number of carboxylic acid groups (broad SMARTS) is 1. The number of halogens is 9. The van der Waals surface area contributed by atoms with Crippen molar-refractivity contribution >= 4 is 11.9 Å². The number of nitrogens with zero attached hydrogens (tertiary/aromatic N) is 6. The molecule has 2 aromatic carbocycles. The molecule has 2 atom stereocenters. The van der Waals surface area contributed by atoms with Crippen LogP contribution in [-0.2, 0) is 30.7 Å². The topological polar surface area (TPSA) is 87.4 Å². The molecule has 0 aliphatic carbocycles. The number of rotatable bonds is 9. The van der Waals surface area contributed by atoms with E-state index in [9.17, 15) is 49.4 Å². The Morgan fingerprint density at radius 3 is 2.09 bits per heavy atom. The number of likely N-dealkylation sites (tertiary alicyclic amines) is 1. The van der Waals surface area contributed by atoms with Crippen LogP contribution in [0.15, 0.2) is 42.5 Å². The number of alkyl halides is 9. The molecule has 1 aromatic heterocycles. The summed E-state index contributed by atoms with van der Waals surface area (Å²) in [4.78, 5) is 14.5. The van der Waals surface area contributed by atoms with E-state index in [4.69, 9.17) is 0 Å². The van der Waals surface area contributed by atoms with Crippen molar-refractivity contribution < 1.29 is 49.4 Å². The molecule has 252 valence electrons. The maximum atomic E-state index is 14.9. The third kappa shape index (κ3) is 7.73. The Balaban J connectivity index is 1.92. The number of benzene rings is 2. The molecule has 0 amide bonds. The number of tetrazole rings is 1. The summed E-state index contributed by atoms with van der Waals surface area (Å²) < 4.78 is 129. The predicted molar refractivity (Wildman–Crippen MR) is 146 cm³/mol. The van der Waals surface area contributed by atoms with Gasteiger partial charge in [0.1, 0.15) is 0 Å². The first kappa shape index (κ1) is 35.0. The SMILES string of the molecule is CC(C)C(c1ccc(C(F)(F)F)cc1CN(c1nnn(C)n1)C(c1ccccc1C(F)(F)F)C(F)(F)F)N1CCC(C(=O)O)CC1. The highest BCUT2D eigenvalue weighted by Gasteiger charge is 2.50. The number of hydrogen-bond donors (Lipinski definition) is 1. The number of anilines is 1. The standard InChI is InChI=1S/C29H31F9N6O2/c1-16(2)23(43-12-10-17(11-13-43)25(45)46)20-9-8-19(27(30,31)32)14-18(20)15-44(26-39-41-42(3)40-26)24(29(36,37)38)21-6-4-5-7-22(21)28(33,34)35/h4-9,14,16-17,23-24H,10-13,15H2,1-3H3,(H,45,46). The lowest BCUT2D eigenvalue weighted by Crippen LogP contribution is -2.42. The van der Waals surface area contributed by atoms with Crippen LogP contribution in [0.4, 0.5) is 45.5 Å². The van der Waals surface area contributed by atoms with E-state index >= 15 is 0 Å². The summed E-state index contributed by atoms with van der Waals surface area (Å²) in [6, 6.07) is 1.98. The first-order valence-electron chi connectivity index (χ1n) is 14.2. The molecule has 1 fully saturated rings. The molecule has 4 rings (SSSR count). The largest absolute Gasteiger partial charge is 0.481 e. The fourth-order valence-corrected chi connectivity index (χ4v) is 5.97. The molecule has 2 unspecified atom stereocenters. The van der Waals surface area contributed by atoms with Gasteiger partial charge >= 0.3 is 24.5 Å². The average molecular weight is 667 g/mol. The number of carbonyl (C=O) groups is 1. The van der Waals surface area contributed by atoms with Crippen molar-refractivity contribution in [3.63, 3.8) is 0 Å². The van der Waals surface area contributed by atoms with Crippen LogP contribution in [0.5, 0.6) is 0 Å². The maximum Gasteiger partial charge on any atom is 0.416 e. The van der Waals surface area contributed by atoms with E-state index in [-0.39, 0.29) is 43.0 Å². The molecular formula is C29H31F9N6O2. The average Bonchev–Trinajstić information content (AvgIpc) is 3.38. The summed E-state index contributed by atoms with van der Waals surface area (Å²) >= 11 is 0. The van der Waals surface area contributed by atoms with Crippen molar-refractivity contribution in [3.05, 3.63) is 70.3 Å². The van der Waals surface area contributed by atoms with Gasteiger partial charge in [-0.3, -0.25) is 9.69 Å². The number of aryl methyl sites for hydroxylation is 1. The van der Waals surface area contributed by atoms with Crippen molar-refractivity contribution in [2.75, 3.05) is 18.0 Å². The van der Waals surface area contributed by atoms with Crippen molar-refractivity contribution in [1.82, 2.24) is 25.1 Å². The molecule has 0 saturated carbocycles. The lowest BCUT2D eigenvalue weighted by Gasteiger charge is -2.40. The van der Waals surface area contributed by atoms with Crippen LogP contribution in [0.2, 0.25) is 0 Å². The van der Waals surface area contributed by atoms with Crippen LogP contribution in [-0.4, -0.2) is 55.4 Å². The molecule has 1 N–H and O–H groups in total. The van der Waals surface area contributed by atoms with Crippen LogP contribution in [0, 0.1) is 11.8 Å². The zero-order chi connectivity index (χ0) is 34.2. The molecule has 8 nitrogen and oxygen atoms in total. The van der Waals surface area contributed by atoms with Crippen molar-refractivity contribution in [1.29, 1.82) is 0 Å². The van der Waals surface area contributed by atoms with Gasteiger partial charge in [-0.25, -0.2) is 0 Å². The Morgan fingerprint density at radius 2 is 1.59 bits per heavy atom. The van der Waals surface area contributed by atoms with E-state index in [2.05, 4.69) is 15.4 Å². The number of carboxylic acids is 1. The van der Waals surface area contributed by atoms with E-state index in [1.807, 2.05) is 4.90 Å². The Kier molecular flexibility index (Phi) is 9.94. The van der Waals surface area contributed by atoms with Crippen LogP contribution >= 0.6 is 0 Å². The summed E-state index contributed by atoms with van der Waals surface area (Å²) in [5.41, 5.74) is -4.00. The van der Waals surface area contributed by atoms with E-state index < -0.39 is 71.7 Å². The van der Waals surface area contributed by atoms with Gasteiger partial charge in [-0.15, -0.1) is 5.10 Å². The van der Waals surface area contributed by atoms with Crippen LogP contribution < -0.4 is 4.90 Å². The number of piperidine rings is 1. The Bertz CT molecular complexity index is 1510. The maximum absolute atomic E-state index is 14.9. The van der Waals surface area contributed by atoms with E-state index in [1.54, 1.807) is 13.8 Å². The minimum Gasteiger partial charge on any atom is -0.481 e. The first-order valence-corrected chi connectivity index (χ1v) is 14.2. The molecule has 46 heavy (non-hydrogen) atoms. The van der Waals surface area contributed by atoms with Gasteiger partial charge in [0.15, 0.2) is 6.04 Å². The van der Waals surface area contributed by atoms with E-state index in [0.717, 1.165) is 29.1 Å². The zero-order valence-corrected chi connectivity index (χ0v) is 24.8. The second kappa shape index (κ2) is 13.1. The molecule has 1 aliphatic heterocycles. The fourth-order valence-electron chi connectivity index (χ4n) is 5.97. The fraction of sp³-hybridized carbons (Fsp3) is 0.517. The summed E-state index contributed by atoms with van der Waals surface area (Å²) in [7, 11) is 1.21. The zero-order valence-electron chi connectivity index (χ0n) is 24.8. The smallest absolute Gasteiger partial charge is 0.416 e. The molecule has 1 saturated heterocycles. The predicted octanol–water partition coefficient (Wildman–Crippen LogP) is 7.05. The Morgan fingerprint density at radius 1 is 0.957 bits per heavy atom. The third-order valence-corrected chi connectivity index (χ3v) is 7.97. The Hall–Kier alpha value is -3.89. The summed E-state index contributed by atoms with van der Waals surface area (Å²) in [5.74, 6) is -2.69. The van der Waals surface area contributed by atoms with Crippen LogP contribution in [0.3, 0.4) is 0 Å². The number of aromatic nitrogens is 4. The Labute approximate surface area is 257 Å². The first-order chi connectivity index (χ1) is 21.3. The lowest BCUT2D eigenvalue weighted by molar-refractivity contribution is -0.157. The van der Waals surface area contributed by atoms with Gasteiger partial charge in [-0.1, -0.05) is 43.2 Å². The molecule has 1 aliphatic rings. The number of hydrogen-bond acceptors (Lipinski definition) is 6. The molecule has 17 heteroatoms. The third-order valence-electron chi connectivity index (χ3n) is 7.97. The van der Waals surface area contributed by atoms with Crippen molar-refractivity contribution in [2.24, 2.45) is 18.9 Å². The van der Waals surface area contributed by atoms with Gasteiger partial charge < -0.3 is 10.0 Å². The van der Waals surface area contributed by atoms with Crippen molar-refractivity contribution in [2.45, 2.75) is 63.8 Å². The highest BCUT2D eigenvalue weighted by molar-refractivity contribution is 5.70. The molecule has 0 radical (unpaired) electrons. The monoisotopic (exact) mass is 666 g/mol. The second-order valence-corrected chi connectivity index (χ2v) is 11.5. The summed E-state index contributed by atoms with van der Waals surface area (Å²) in [6.07, 6.45) is -15.0. The van der Waals surface area contributed by atoms with Gasteiger partial charge in [0.25, 0.3) is 5.95 Å². The van der Waals surface area contributed by atoms with Gasteiger partial charge in [0.05, 0.1) is 24.1 Å². The molecule has 0 spiro atoms. The van der Waals surface area contributed by atoms with Crippen molar-refractivity contribution in [3.8, 4) is 0 Å². The quantitative estimate of drug-likeness (QED) is 0.245. The minimum atomic E-state index is -5.39. The second-order valence-electron chi connectivity index (χ2n) is 11.5. The summed E-state index contributed by atoms with van der Waals surface area (Å²) in [6.45, 7) is 3.04. The molecule has 3 aromatic rings. The summed E-state index contributed by atoms with van der Waals surface area (Å²) in [5, 5.41) is 20.4. The number of aliphatic carboxylic acids is 1. The minimum absolute atomic E-state index is 0.204.